The molecule has 94 valence electrons. The lowest BCUT2D eigenvalue weighted by Crippen LogP contribution is -2.38. The summed E-state index contributed by atoms with van der Waals surface area (Å²) in [5.74, 6) is 6.51. The summed E-state index contributed by atoms with van der Waals surface area (Å²) in [6, 6.07) is 2.49. The number of nitrogens with one attached hydrogen (secondary N) is 1. The highest BCUT2D eigenvalue weighted by Gasteiger charge is 2.19. The molecule has 0 aliphatic heterocycles. The highest BCUT2D eigenvalue weighted by molar-refractivity contribution is 9.10. The number of nitrogens with two attached hydrogens (primary N) is 1. The molecule has 0 aromatic carbocycles. The van der Waals surface area contributed by atoms with E-state index >= 15 is 0 Å². The minimum atomic E-state index is 0.370. The van der Waals surface area contributed by atoms with Gasteiger partial charge in [-0.05, 0) is 46.3 Å². The van der Waals surface area contributed by atoms with Gasteiger partial charge in [-0.15, -0.1) is 0 Å². The van der Waals surface area contributed by atoms with E-state index in [1.165, 1.54) is 37.7 Å². The zero-order valence-corrected chi connectivity index (χ0v) is 11.6. The van der Waals surface area contributed by atoms with Gasteiger partial charge in [-0.25, -0.2) is 0 Å². The third kappa shape index (κ3) is 4.05. The monoisotopic (exact) mass is 297 g/mol. The van der Waals surface area contributed by atoms with Crippen LogP contribution in [0.3, 0.4) is 0 Å². The largest absolute Gasteiger partial charge is 0.271 e. The van der Waals surface area contributed by atoms with Crippen LogP contribution in [0.25, 0.3) is 0 Å². The molecule has 1 atom stereocenters. The second-order valence-corrected chi connectivity index (χ2v) is 5.88. The van der Waals surface area contributed by atoms with E-state index in [1.807, 2.05) is 12.4 Å². The Labute approximate surface area is 111 Å². The zero-order valence-electron chi connectivity index (χ0n) is 10.0. The van der Waals surface area contributed by atoms with Gasteiger partial charge in [-0.2, -0.15) is 0 Å². The molecule has 4 heteroatoms. The summed E-state index contributed by atoms with van der Waals surface area (Å²) in [4.78, 5) is 4.19. The van der Waals surface area contributed by atoms with Crippen LogP contribution in [0.5, 0.6) is 0 Å². The van der Waals surface area contributed by atoms with Crippen molar-refractivity contribution in [3.05, 3.63) is 28.5 Å². The fraction of sp³-hybridized carbons (Fsp3) is 0.615. The van der Waals surface area contributed by atoms with Crippen molar-refractivity contribution >= 4 is 15.9 Å². The molecule has 0 radical (unpaired) electrons. The first-order valence-corrected chi connectivity index (χ1v) is 7.13. The van der Waals surface area contributed by atoms with E-state index < -0.39 is 0 Å². The van der Waals surface area contributed by atoms with Crippen LogP contribution < -0.4 is 11.3 Å². The molecule has 17 heavy (non-hydrogen) atoms. The maximum absolute atomic E-state index is 5.65. The summed E-state index contributed by atoms with van der Waals surface area (Å²) in [5, 5.41) is 0. The molecule has 1 aliphatic rings. The predicted octanol–water partition coefficient (Wildman–Crippen LogP) is 2.80. The molecule has 3 nitrogen and oxygen atoms in total. The van der Waals surface area contributed by atoms with Crippen molar-refractivity contribution < 1.29 is 0 Å². The Bertz CT molecular complexity index is 350. The first-order valence-electron chi connectivity index (χ1n) is 6.33. The molecule has 1 saturated carbocycles. The van der Waals surface area contributed by atoms with Gasteiger partial charge in [0.2, 0.25) is 0 Å². The van der Waals surface area contributed by atoms with Crippen LogP contribution in [-0.4, -0.2) is 11.0 Å². The van der Waals surface area contributed by atoms with Crippen LogP contribution in [0, 0.1) is 5.92 Å². The van der Waals surface area contributed by atoms with Crippen molar-refractivity contribution in [2.24, 2.45) is 11.8 Å². The summed E-state index contributed by atoms with van der Waals surface area (Å²) in [7, 11) is 0. The van der Waals surface area contributed by atoms with E-state index in [-0.39, 0.29) is 0 Å². The Kier molecular flexibility index (Phi) is 4.95. The summed E-state index contributed by atoms with van der Waals surface area (Å²) in [6.07, 6.45) is 11.4. The number of hydrogen-bond acceptors (Lipinski definition) is 3. The summed E-state index contributed by atoms with van der Waals surface area (Å²) in [5.41, 5.74) is 4.19. The molecule has 0 saturated heterocycles. The van der Waals surface area contributed by atoms with E-state index in [2.05, 4.69) is 32.4 Å². The molecule has 2 rings (SSSR count). The lowest BCUT2D eigenvalue weighted by Gasteiger charge is -2.19. The first kappa shape index (κ1) is 13.0. The third-order valence-corrected chi connectivity index (χ3v) is 4.01. The smallest absolute Gasteiger partial charge is 0.0410 e. The summed E-state index contributed by atoms with van der Waals surface area (Å²) < 4.78 is 1.03. The van der Waals surface area contributed by atoms with Crippen molar-refractivity contribution in [2.45, 2.75) is 44.6 Å². The number of rotatable bonds is 5. The van der Waals surface area contributed by atoms with Crippen molar-refractivity contribution in [1.29, 1.82) is 0 Å². The van der Waals surface area contributed by atoms with Gasteiger partial charge in [-0.1, -0.05) is 25.7 Å². The second kappa shape index (κ2) is 6.47. The van der Waals surface area contributed by atoms with E-state index in [9.17, 15) is 0 Å². The van der Waals surface area contributed by atoms with Crippen LogP contribution in [-0.2, 0) is 6.42 Å². The quantitative estimate of drug-likeness (QED) is 0.649. The molecule has 1 aromatic rings. The standard InChI is InChI=1S/C13H20BrN3/c14-12-5-11(8-16-9-12)7-13(17-15)6-10-3-1-2-4-10/h5,8-10,13,17H,1-4,6-7,15H2. The molecule has 1 heterocycles. The SMILES string of the molecule is NNC(Cc1cncc(Br)c1)CC1CCCC1. The van der Waals surface area contributed by atoms with Gasteiger partial charge in [0.1, 0.15) is 0 Å². The number of hydrogen-bond donors (Lipinski definition) is 2. The molecule has 1 unspecified atom stereocenters. The van der Waals surface area contributed by atoms with Gasteiger partial charge >= 0.3 is 0 Å². The molecule has 1 fully saturated rings. The van der Waals surface area contributed by atoms with Crippen LogP contribution in [0.1, 0.15) is 37.7 Å². The number of pyridine rings is 1. The maximum atomic E-state index is 5.65. The number of hydrazine groups is 1. The molecular weight excluding hydrogens is 278 g/mol. The van der Waals surface area contributed by atoms with Crippen LogP contribution in [0.4, 0.5) is 0 Å². The Morgan fingerprint density at radius 3 is 2.82 bits per heavy atom. The number of aromatic nitrogens is 1. The highest BCUT2D eigenvalue weighted by atomic mass is 79.9. The maximum Gasteiger partial charge on any atom is 0.0410 e. The fourth-order valence-corrected chi connectivity index (χ4v) is 3.12. The average molecular weight is 298 g/mol. The topological polar surface area (TPSA) is 50.9 Å². The Morgan fingerprint density at radius 2 is 2.18 bits per heavy atom. The van der Waals surface area contributed by atoms with E-state index in [1.54, 1.807) is 0 Å². The second-order valence-electron chi connectivity index (χ2n) is 4.97. The van der Waals surface area contributed by atoms with Gasteiger partial charge in [0.05, 0.1) is 0 Å². The Balaban J connectivity index is 1.90. The highest BCUT2D eigenvalue weighted by Crippen LogP contribution is 2.29. The number of nitrogens with zero attached hydrogens (tertiary/aromatic N) is 1. The van der Waals surface area contributed by atoms with Crippen molar-refractivity contribution in [2.75, 3.05) is 0 Å². The fourth-order valence-electron chi connectivity index (χ4n) is 2.71. The minimum Gasteiger partial charge on any atom is -0.271 e. The minimum absolute atomic E-state index is 0.370. The molecule has 1 aliphatic carbocycles. The van der Waals surface area contributed by atoms with Crippen molar-refractivity contribution in [3.63, 3.8) is 0 Å². The summed E-state index contributed by atoms with van der Waals surface area (Å²) >= 11 is 3.45. The van der Waals surface area contributed by atoms with Crippen LogP contribution in [0.15, 0.2) is 22.9 Å². The lowest BCUT2D eigenvalue weighted by molar-refractivity contribution is 0.389. The molecule has 0 bridgehead atoms. The van der Waals surface area contributed by atoms with E-state index in [4.69, 9.17) is 5.84 Å². The molecule has 3 N–H and O–H groups in total. The van der Waals surface area contributed by atoms with Gasteiger partial charge in [0, 0.05) is 22.9 Å². The first-order chi connectivity index (χ1) is 8.28. The van der Waals surface area contributed by atoms with E-state index in [0.29, 0.717) is 6.04 Å². The van der Waals surface area contributed by atoms with Crippen molar-refractivity contribution in [3.8, 4) is 0 Å². The zero-order chi connectivity index (χ0) is 12.1. The predicted molar refractivity (Wildman–Crippen MR) is 73.3 cm³/mol. The molecule has 0 amide bonds. The molecule has 0 spiro atoms. The van der Waals surface area contributed by atoms with Gasteiger partial charge in [-0.3, -0.25) is 16.3 Å². The lowest BCUT2D eigenvalue weighted by atomic mass is 9.95. The van der Waals surface area contributed by atoms with Crippen LogP contribution in [0.2, 0.25) is 0 Å². The van der Waals surface area contributed by atoms with E-state index in [0.717, 1.165) is 16.8 Å². The summed E-state index contributed by atoms with van der Waals surface area (Å²) in [6.45, 7) is 0. The normalized spacial score (nSPS) is 18.5. The van der Waals surface area contributed by atoms with Gasteiger partial charge < -0.3 is 0 Å². The van der Waals surface area contributed by atoms with Gasteiger partial charge in [0.15, 0.2) is 0 Å². The Morgan fingerprint density at radius 1 is 1.41 bits per heavy atom. The van der Waals surface area contributed by atoms with Gasteiger partial charge in [0.25, 0.3) is 0 Å². The number of halogens is 1. The Hall–Kier alpha value is -0.450. The molecular formula is C13H20BrN3. The average Bonchev–Trinajstić information content (AvgIpc) is 2.81. The van der Waals surface area contributed by atoms with Crippen molar-refractivity contribution in [1.82, 2.24) is 10.4 Å². The van der Waals surface area contributed by atoms with Crippen LogP contribution >= 0.6 is 15.9 Å². The third-order valence-electron chi connectivity index (χ3n) is 3.57. The molecule has 1 aromatic heterocycles.